The maximum absolute atomic E-state index is 12.2. The lowest BCUT2D eigenvalue weighted by Gasteiger charge is -2.29. The zero-order valence-corrected chi connectivity index (χ0v) is 28.3. The first-order chi connectivity index (χ1) is 21.5. The zero-order chi connectivity index (χ0) is 34.1. The van der Waals surface area contributed by atoms with Crippen molar-refractivity contribution in [1.82, 2.24) is 0 Å². The van der Waals surface area contributed by atoms with E-state index in [2.05, 4.69) is 0 Å². The van der Waals surface area contributed by atoms with Crippen molar-refractivity contribution in [2.45, 2.75) is 92.3 Å². The van der Waals surface area contributed by atoms with E-state index in [1.54, 1.807) is 30.3 Å². The summed E-state index contributed by atoms with van der Waals surface area (Å²) in [4.78, 5) is 48.9. The number of carbonyl (C=O) groups is 4. The lowest BCUT2D eigenvalue weighted by atomic mass is 9.80. The van der Waals surface area contributed by atoms with Crippen LogP contribution in [0.2, 0.25) is 0 Å². The molecule has 8 nitrogen and oxygen atoms in total. The molecule has 0 fully saturated rings. The lowest BCUT2D eigenvalue weighted by Crippen LogP contribution is -2.33. The van der Waals surface area contributed by atoms with Gasteiger partial charge in [-0.3, -0.25) is 9.59 Å². The highest BCUT2D eigenvalue weighted by Crippen LogP contribution is 2.33. The van der Waals surface area contributed by atoms with Gasteiger partial charge in [-0.15, -0.1) is 0 Å². The fraction of sp³-hybridized carbons (Fsp3) is 0.474. The summed E-state index contributed by atoms with van der Waals surface area (Å²) < 4.78 is 21.6. The molecule has 0 aliphatic heterocycles. The first kappa shape index (κ1) is 36.3. The molecule has 0 heterocycles. The minimum absolute atomic E-state index is 0.0445. The van der Waals surface area contributed by atoms with Crippen LogP contribution in [0.1, 0.15) is 81.1 Å². The molecule has 2 aliphatic rings. The number of benzene rings is 2. The summed E-state index contributed by atoms with van der Waals surface area (Å²) in [6.45, 7) is 15.1. The maximum atomic E-state index is 12.2. The summed E-state index contributed by atoms with van der Waals surface area (Å²) in [5, 5.41) is 0. The Labute approximate surface area is 273 Å². The first-order valence-electron chi connectivity index (χ1n) is 15.9. The number of hydrogen-bond acceptors (Lipinski definition) is 8. The van der Waals surface area contributed by atoms with E-state index < -0.39 is 11.2 Å². The van der Waals surface area contributed by atoms with E-state index in [0.29, 0.717) is 48.3 Å². The number of carbonyl (C=O) groups excluding carboxylic acids is 4. The minimum Gasteiger partial charge on any atom is -0.460 e. The SMILES string of the molecule is C[C@H]1C=C(C(=O)Oc2ccccc2)CC[C@H]1C(=O)OC(C)(C)C.C[C@H]1CC(C(=O)Oc2ccccc2)=CC[C@H]1C(=O)OC(C)(C)C. The van der Waals surface area contributed by atoms with Crippen molar-refractivity contribution >= 4 is 23.9 Å². The van der Waals surface area contributed by atoms with Gasteiger partial charge in [0.25, 0.3) is 0 Å². The van der Waals surface area contributed by atoms with Crippen LogP contribution >= 0.6 is 0 Å². The van der Waals surface area contributed by atoms with Crippen molar-refractivity contribution in [2.24, 2.45) is 23.7 Å². The second-order valence-electron chi connectivity index (χ2n) is 13.9. The molecule has 2 aromatic carbocycles. The summed E-state index contributed by atoms with van der Waals surface area (Å²) in [5.41, 5.74) is 0.266. The molecule has 0 aromatic heterocycles. The van der Waals surface area contributed by atoms with Gasteiger partial charge in [0.05, 0.1) is 11.8 Å². The average molecular weight is 633 g/mol. The van der Waals surface area contributed by atoms with Gasteiger partial charge in [-0.2, -0.15) is 0 Å². The molecule has 0 unspecified atom stereocenters. The third-order valence-electron chi connectivity index (χ3n) is 7.52. The highest BCUT2D eigenvalue weighted by molar-refractivity contribution is 5.91. The molecule has 2 aliphatic carbocycles. The Kier molecular flexibility index (Phi) is 12.5. The number of rotatable bonds is 6. The Balaban J connectivity index is 0.000000250. The number of esters is 4. The predicted molar refractivity (Wildman–Crippen MR) is 176 cm³/mol. The van der Waals surface area contributed by atoms with E-state index in [-0.39, 0.29) is 47.5 Å². The van der Waals surface area contributed by atoms with E-state index in [0.717, 1.165) is 0 Å². The van der Waals surface area contributed by atoms with Gasteiger partial charge >= 0.3 is 23.9 Å². The summed E-state index contributed by atoms with van der Waals surface area (Å²) in [6, 6.07) is 18.0. The monoisotopic (exact) mass is 632 g/mol. The maximum Gasteiger partial charge on any atom is 0.339 e. The Hall–Kier alpha value is -4.20. The fourth-order valence-corrected chi connectivity index (χ4v) is 5.24. The molecular formula is C38H48O8. The minimum atomic E-state index is -0.493. The van der Waals surface area contributed by atoms with Crippen molar-refractivity contribution in [1.29, 1.82) is 0 Å². The standard InChI is InChI=1S/2C19H24O4/c2*1-13-12-14(17(20)22-15-8-6-5-7-9-15)10-11-16(13)18(21)23-19(2,3)4/h5-9,12-13,16H,10-11H2,1-4H3;5-10,13,16H,11-12H2,1-4H3/t2*13-,16+/m00/s1. The first-order valence-corrected chi connectivity index (χ1v) is 15.9. The van der Waals surface area contributed by atoms with Gasteiger partial charge < -0.3 is 18.9 Å². The quantitative estimate of drug-likeness (QED) is 0.235. The molecule has 0 spiro atoms. The van der Waals surface area contributed by atoms with E-state index in [4.69, 9.17) is 18.9 Å². The molecule has 0 bridgehead atoms. The second kappa shape index (κ2) is 15.9. The molecule has 8 heteroatoms. The largest absolute Gasteiger partial charge is 0.460 e. The average Bonchev–Trinajstić information content (AvgIpc) is 2.96. The molecule has 0 amide bonds. The van der Waals surface area contributed by atoms with Crippen molar-refractivity contribution in [2.75, 3.05) is 0 Å². The van der Waals surface area contributed by atoms with Crippen molar-refractivity contribution in [3.8, 4) is 11.5 Å². The van der Waals surface area contributed by atoms with Gasteiger partial charge in [0, 0.05) is 11.1 Å². The third-order valence-corrected chi connectivity index (χ3v) is 7.52. The van der Waals surface area contributed by atoms with Crippen molar-refractivity contribution < 1.29 is 38.1 Å². The molecule has 0 saturated heterocycles. The molecule has 0 N–H and O–H groups in total. The molecular weight excluding hydrogens is 584 g/mol. The fourth-order valence-electron chi connectivity index (χ4n) is 5.24. The van der Waals surface area contributed by atoms with Crippen LogP contribution in [0.25, 0.3) is 0 Å². The molecule has 0 radical (unpaired) electrons. The molecule has 46 heavy (non-hydrogen) atoms. The van der Waals surface area contributed by atoms with Crippen LogP contribution in [-0.2, 0) is 28.7 Å². The van der Waals surface area contributed by atoms with Crippen LogP contribution in [0.15, 0.2) is 84.0 Å². The Morgan fingerprint density at radius 2 is 1.11 bits per heavy atom. The lowest BCUT2D eigenvalue weighted by molar-refractivity contribution is -0.163. The highest BCUT2D eigenvalue weighted by Gasteiger charge is 2.35. The number of para-hydroxylation sites is 2. The summed E-state index contributed by atoms with van der Waals surface area (Å²) in [5.74, 6) is -0.430. The van der Waals surface area contributed by atoms with Gasteiger partial charge in [0.15, 0.2) is 0 Å². The Morgan fingerprint density at radius 1 is 0.652 bits per heavy atom. The number of allylic oxidation sites excluding steroid dienone is 2. The summed E-state index contributed by atoms with van der Waals surface area (Å²) in [6.07, 6.45) is 5.81. The van der Waals surface area contributed by atoms with E-state index in [1.807, 2.05) is 97.9 Å². The topological polar surface area (TPSA) is 105 Å². The van der Waals surface area contributed by atoms with Crippen LogP contribution < -0.4 is 9.47 Å². The van der Waals surface area contributed by atoms with Gasteiger partial charge in [-0.05, 0) is 103 Å². The zero-order valence-electron chi connectivity index (χ0n) is 28.3. The smallest absolute Gasteiger partial charge is 0.339 e. The van der Waals surface area contributed by atoms with Gasteiger partial charge in [0.1, 0.15) is 22.7 Å². The van der Waals surface area contributed by atoms with Crippen molar-refractivity contribution in [3.05, 3.63) is 84.0 Å². The number of hydrogen-bond donors (Lipinski definition) is 0. The molecule has 0 saturated carbocycles. The predicted octanol–water partition coefficient (Wildman–Crippen LogP) is 7.81. The normalized spacial score (nSPS) is 21.3. The van der Waals surface area contributed by atoms with Crippen LogP contribution in [-0.4, -0.2) is 35.1 Å². The van der Waals surface area contributed by atoms with E-state index >= 15 is 0 Å². The van der Waals surface area contributed by atoms with Crippen LogP contribution in [0.4, 0.5) is 0 Å². The van der Waals surface area contributed by atoms with Crippen LogP contribution in [0.5, 0.6) is 11.5 Å². The molecule has 248 valence electrons. The van der Waals surface area contributed by atoms with E-state index in [9.17, 15) is 19.2 Å². The third kappa shape index (κ3) is 11.6. The highest BCUT2D eigenvalue weighted by atomic mass is 16.6. The Morgan fingerprint density at radius 3 is 1.54 bits per heavy atom. The Bertz CT molecular complexity index is 1380. The van der Waals surface area contributed by atoms with Crippen LogP contribution in [0.3, 0.4) is 0 Å². The van der Waals surface area contributed by atoms with Crippen molar-refractivity contribution in [3.63, 3.8) is 0 Å². The second-order valence-corrected chi connectivity index (χ2v) is 13.9. The molecule has 4 atom stereocenters. The number of ether oxygens (including phenoxy) is 4. The van der Waals surface area contributed by atoms with Crippen LogP contribution in [0, 0.1) is 23.7 Å². The van der Waals surface area contributed by atoms with Gasteiger partial charge in [0.2, 0.25) is 0 Å². The molecule has 4 rings (SSSR count). The summed E-state index contributed by atoms with van der Waals surface area (Å²) in [7, 11) is 0. The summed E-state index contributed by atoms with van der Waals surface area (Å²) >= 11 is 0. The van der Waals surface area contributed by atoms with Gasteiger partial charge in [-0.25, -0.2) is 9.59 Å². The van der Waals surface area contributed by atoms with Gasteiger partial charge in [-0.1, -0.05) is 62.4 Å². The molecule has 2 aromatic rings. The van der Waals surface area contributed by atoms with E-state index in [1.165, 1.54) is 0 Å².